The lowest BCUT2D eigenvalue weighted by molar-refractivity contribution is 0.347. The Morgan fingerprint density at radius 2 is 2.12 bits per heavy atom. The van der Waals surface area contributed by atoms with E-state index in [0.717, 1.165) is 19.5 Å². The van der Waals surface area contributed by atoms with Crippen molar-refractivity contribution in [1.82, 2.24) is 9.88 Å². The molecule has 1 N–H and O–H groups in total. The van der Waals surface area contributed by atoms with Crippen molar-refractivity contribution < 1.29 is 0 Å². The largest absolute Gasteiger partial charge is 0.361 e. The summed E-state index contributed by atoms with van der Waals surface area (Å²) in [5.74, 6) is 0. The van der Waals surface area contributed by atoms with Crippen LogP contribution in [0.15, 0.2) is 30.5 Å². The van der Waals surface area contributed by atoms with E-state index in [1.165, 1.54) is 16.5 Å². The topological polar surface area (TPSA) is 42.8 Å². The maximum Gasteiger partial charge on any atom is 0.0635 e. The summed E-state index contributed by atoms with van der Waals surface area (Å²) in [5.41, 5.74) is 2.55. The van der Waals surface area contributed by atoms with E-state index in [1.54, 1.807) is 0 Å². The minimum atomic E-state index is 0.602. The van der Waals surface area contributed by atoms with Gasteiger partial charge in [0.25, 0.3) is 0 Å². The van der Waals surface area contributed by atoms with Gasteiger partial charge in [0, 0.05) is 36.6 Å². The highest BCUT2D eigenvalue weighted by Crippen LogP contribution is 2.18. The molecule has 3 nitrogen and oxygen atoms in total. The Hall–Kier alpha value is -1.79. The van der Waals surface area contributed by atoms with Crippen molar-refractivity contribution in [3.8, 4) is 6.07 Å². The van der Waals surface area contributed by atoms with Crippen molar-refractivity contribution in [2.24, 2.45) is 0 Å². The maximum atomic E-state index is 8.53. The number of nitrogens with one attached hydrogen (secondary N) is 1. The number of hydrogen-bond acceptors (Lipinski definition) is 2. The second-order valence-corrected chi connectivity index (χ2v) is 4.32. The standard InChI is InChI=1S/C14H17N3/c1-17(9-4-8-15)10-7-12-11-16-14-6-3-2-5-13(12)14/h2-3,5-6,11,16H,4,7,9-10H2,1H3. The fraction of sp³-hybridized carbons (Fsp3) is 0.357. The number of likely N-dealkylation sites (N-methyl/N-ethyl adjacent to an activating group) is 1. The van der Waals surface area contributed by atoms with E-state index >= 15 is 0 Å². The molecule has 0 saturated carbocycles. The molecule has 0 radical (unpaired) electrons. The summed E-state index contributed by atoms with van der Waals surface area (Å²) in [7, 11) is 2.06. The minimum absolute atomic E-state index is 0.602. The fourth-order valence-electron chi connectivity index (χ4n) is 2.00. The van der Waals surface area contributed by atoms with Crippen LogP contribution in [0.5, 0.6) is 0 Å². The van der Waals surface area contributed by atoms with Crippen LogP contribution in [0, 0.1) is 11.3 Å². The van der Waals surface area contributed by atoms with Gasteiger partial charge in [0.2, 0.25) is 0 Å². The van der Waals surface area contributed by atoms with Crippen LogP contribution in [0.2, 0.25) is 0 Å². The third kappa shape index (κ3) is 2.86. The molecule has 3 heteroatoms. The van der Waals surface area contributed by atoms with Gasteiger partial charge in [0.15, 0.2) is 0 Å². The molecule has 0 bridgehead atoms. The summed E-state index contributed by atoms with van der Waals surface area (Å²) in [6, 6.07) is 10.5. The van der Waals surface area contributed by atoms with Gasteiger partial charge in [0.05, 0.1) is 6.07 Å². The number of H-pyrrole nitrogens is 1. The Balaban J connectivity index is 1.97. The lowest BCUT2D eigenvalue weighted by Crippen LogP contribution is -2.22. The summed E-state index contributed by atoms with van der Waals surface area (Å²) in [6.07, 6.45) is 3.71. The van der Waals surface area contributed by atoms with Gasteiger partial charge in [-0.15, -0.1) is 0 Å². The van der Waals surface area contributed by atoms with Crippen molar-refractivity contribution in [3.63, 3.8) is 0 Å². The van der Waals surface area contributed by atoms with Crippen LogP contribution >= 0.6 is 0 Å². The predicted molar refractivity (Wildman–Crippen MR) is 69.7 cm³/mol. The van der Waals surface area contributed by atoms with Crippen molar-refractivity contribution >= 4 is 10.9 Å². The molecule has 0 amide bonds. The first kappa shape index (κ1) is 11.7. The Labute approximate surface area is 102 Å². The molecular weight excluding hydrogens is 210 g/mol. The SMILES string of the molecule is CN(CCC#N)CCc1c[nH]c2ccccc12. The number of aromatic amines is 1. The molecule has 2 aromatic rings. The zero-order chi connectivity index (χ0) is 12.1. The van der Waals surface area contributed by atoms with Gasteiger partial charge in [-0.2, -0.15) is 5.26 Å². The highest BCUT2D eigenvalue weighted by atomic mass is 15.1. The average molecular weight is 227 g/mol. The van der Waals surface area contributed by atoms with Crippen molar-refractivity contribution in [3.05, 3.63) is 36.0 Å². The van der Waals surface area contributed by atoms with Crippen LogP contribution in [0.3, 0.4) is 0 Å². The molecule has 2 rings (SSSR count). The smallest absolute Gasteiger partial charge is 0.0635 e. The van der Waals surface area contributed by atoms with Gasteiger partial charge >= 0.3 is 0 Å². The molecule has 1 heterocycles. The van der Waals surface area contributed by atoms with Crippen molar-refractivity contribution in [2.45, 2.75) is 12.8 Å². The number of nitriles is 1. The van der Waals surface area contributed by atoms with Gasteiger partial charge in [-0.25, -0.2) is 0 Å². The van der Waals surface area contributed by atoms with E-state index in [-0.39, 0.29) is 0 Å². The van der Waals surface area contributed by atoms with Crippen LogP contribution in [-0.4, -0.2) is 30.0 Å². The average Bonchev–Trinajstić information content (AvgIpc) is 2.77. The van der Waals surface area contributed by atoms with E-state index in [1.807, 2.05) is 6.07 Å². The Morgan fingerprint density at radius 3 is 2.94 bits per heavy atom. The third-order valence-electron chi connectivity index (χ3n) is 3.04. The fourth-order valence-corrected chi connectivity index (χ4v) is 2.00. The summed E-state index contributed by atoms with van der Waals surface area (Å²) in [6.45, 7) is 1.84. The number of rotatable bonds is 5. The van der Waals surface area contributed by atoms with E-state index in [4.69, 9.17) is 5.26 Å². The first-order valence-corrected chi connectivity index (χ1v) is 5.92. The summed E-state index contributed by atoms with van der Waals surface area (Å²) >= 11 is 0. The zero-order valence-corrected chi connectivity index (χ0v) is 10.1. The quantitative estimate of drug-likeness (QED) is 0.853. The maximum absolute atomic E-state index is 8.53. The van der Waals surface area contributed by atoms with Gasteiger partial charge < -0.3 is 9.88 Å². The van der Waals surface area contributed by atoms with E-state index < -0.39 is 0 Å². The van der Waals surface area contributed by atoms with Gasteiger partial charge in [-0.3, -0.25) is 0 Å². The first-order chi connectivity index (χ1) is 8.31. The van der Waals surface area contributed by atoms with Crippen LogP contribution in [-0.2, 0) is 6.42 Å². The highest BCUT2D eigenvalue weighted by Gasteiger charge is 2.04. The molecular formula is C14H17N3. The van der Waals surface area contributed by atoms with Crippen LogP contribution < -0.4 is 0 Å². The number of benzene rings is 1. The molecule has 0 fully saturated rings. The van der Waals surface area contributed by atoms with Gasteiger partial charge in [-0.1, -0.05) is 18.2 Å². The molecule has 1 aromatic heterocycles. The van der Waals surface area contributed by atoms with Crippen LogP contribution in [0.4, 0.5) is 0 Å². The zero-order valence-electron chi connectivity index (χ0n) is 10.1. The van der Waals surface area contributed by atoms with Crippen LogP contribution in [0.1, 0.15) is 12.0 Å². The third-order valence-corrected chi connectivity index (χ3v) is 3.04. The van der Waals surface area contributed by atoms with E-state index in [0.29, 0.717) is 6.42 Å². The Kier molecular flexibility index (Phi) is 3.79. The summed E-state index contributed by atoms with van der Waals surface area (Å²) < 4.78 is 0. The van der Waals surface area contributed by atoms with Gasteiger partial charge in [-0.05, 0) is 25.1 Å². The monoisotopic (exact) mass is 227 g/mol. The number of hydrogen-bond donors (Lipinski definition) is 1. The molecule has 0 spiro atoms. The normalized spacial score (nSPS) is 10.9. The number of aromatic nitrogens is 1. The molecule has 0 aliphatic heterocycles. The molecule has 0 saturated heterocycles. The van der Waals surface area contributed by atoms with Gasteiger partial charge in [0.1, 0.15) is 0 Å². The second kappa shape index (κ2) is 5.51. The molecule has 0 unspecified atom stereocenters. The Morgan fingerprint density at radius 1 is 1.29 bits per heavy atom. The number of nitrogens with zero attached hydrogens (tertiary/aromatic N) is 2. The Bertz CT molecular complexity index is 521. The summed E-state index contributed by atoms with van der Waals surface area (Å²) in [5, 5.41) is 9.83. The molecule has 88 valence electrons. The number of fused-ring (bicyclic) bond motifs is 1. The molecule has 0 aliphatic carbocycles. The first-order valence-electron chi connectivity index (χ1n) is 5.92. The molecule has 1 aromatic carbocycles. The lowest BCUT2D eigenvalue weighted by Gasteiger charge is -2.13. The molecule has 0 aliphatic rings. The second-order valence-electron chi connectivity index (χ2n) is 4.32. The lowest BCUT2D eigenvalue weighted by atomic mass is 10.1. The van der Waals surface area contributed by atoms with E-state index in [2.05, 4.69) is 47.4 Å². The van der Waals surface area contributed by atoms with E-state index in [9.17, 15) is 0 Å². The van der Waals surface area contributed by atoms with Crippen molar-refractivity contribution in [2.75, 3.05) is 20.1 Å². The van der Waals surface area contributed by atoms with Crippen molar-refractivity contribution in [1.29, 1.82) is 5.26 Å². The number of para-hydroxylation sites is 1. The predicted octanol–water partition coefficient (Wildman–Crippen LogP) is 2.56. The van der Waals surface area contributed by atoms with Crippen LogP contribution in [0.25, 0.3) is 10.9 Å². The molecule has 0 atom stereocenters. The molecule has 17 heavy (non-hydrogen) atoms. The highest BCUT2D eigenvalue weighted by molar-refractivity contribution is 5.83. The summed E-state index contributed by atoms with van der Waals surface area (Å²) in [4.78, 5) is 5.48. The minimum Gasteiger partial charge on any atom is -0.361 e.